The molecule has 0 aliphatic carbocycles. The molecule has 7 nitrogen and oxygen atoms in total. The number of fused-ring (bicyclic) bond motifs is 1. The number of amides is 2. The predicted molar refractivity (Wildman–Crippen MR) is 116 cm³/mol. The van der Waals surface area contributed by atoms with E-state index < -0.39 is 5.41 Å². The second-order valence-corrected chi connectivity index (χ2v) is 9.58. The molecule has 1 aromatic heterocycles. The zero-order valence-corrected chi connectivity index (χ0v) is 18.4. The minimum absolute atomic E-state index is 0.0792. The largest absolute Gasteiger partial charge is 0.486 e. The molecular formula is C22H27N3O4S. The van der Waals surface area contributed by atoms with Gasteiger partial charge in [-0.05, 0) is 31.0 Å². The maximum Gasteiger partial charge on any atom is 0.231 e. The maximum absolute atomic E-state index is 12.8. The van der Waals surface area contributed by atoms with Gasteiger partial charge in [-0.15, -0.1) is 11.3 Å². The van der Waals surface area contributed by atoms with E-state index in [1.165, 1.54) is 11.3 Å². The second kappa shape index (κ2) is 8.26. The fourth-order valence-corrected chi connectivity index (χ4v) is 4.45. The van der Waals surface area contributed by atoms with Gasteiger partial charge in [-0.1, -0.05) is 20.8 Å². The summed E-state index contributed by atoms with van der Waals surface area (Å²) in [5.74, 6) is 1.25. The minimum atomic E-state index is -0.438. The van der Waals surface area contributed by atoms with Gasteiger partial charge in [0, 0.05) is 29.4 Å². The van der Waals surface area contributed by atoms with Crippen LogP contribution < -0.4 is 14.8 Å². The summed E-state index contributed by atoms with van der Waals surface area (Å²) in [5.41, 5.74) is 1.25. The third kappa shape index (κ3) is 4.43. The van der Waals surface area contributed by atoms with Crippen LogP contribution in [0.5, 0.6) is 11.5 Å². The Balaban J connectivity index is 1.41. The Hall–Kier alpha value is -2.61. The molecule has 0 saturated carbocycles. The predicted octanol–water partition coefficient (Wildman–Crippen LogP) is 3.80. The lowest BCUT2D eigenvalue weighted by Gasteiger charge is -2.35. The van der Waals surface area contributed by atoms with E-state index in [-0.39, 0.29) is 17.7 Å². The van der Waals surface area contributed by atoms with Crippen LogP contribution in [0.4, 0.5) is 5.13 Å². The molecule has 0 spiro atoms. The van der Waals surface area contributed by atoms with Crippen LogP contribution in [0.3, 0.4) is 0 Å². The Bertz CT molecular complexity index is 950. The molecule has 160 valence electrons. The maximum atomic E-state index is 12.8. The molecule has 2 aromatic rings. The molecule has 2 aliphatic rings. The van der Waals surface area contributed by atoms with E-state index in [1.807, 2.05) is 49.3 Å². The first-order chi connectivity index (χ1) is 14.3. The van der Waals surface area contributed by atoms with Gasteiger partial charge in [0.25, 0.3) is 0 Å². The van der Waals surface area contributed by atoms with Gasteiger partial charge in [-0.25, -0.2) is 4.98 Å². The zero-order valence-electron chi connectivity index (χ0n) is 17.6. The summed E-state index contributed by atoms with van der Waals surface area (Å²) in [6.07, 6.45) is 1.61. The Labute approximate surface area is 180 Å². The van der Waals surface area contributed by atoms with Gasteiger partial charge in [0.1, 0.15) is 13.2 Å². The summed E-state index contributed by atoms with van der Waals surface area (Å²) in [7, 11) is 0. The molecular weight excluding hydrogens is 402 g/mol. The van der Waals surface area contributed by atoms with Gasteiger partial charge in [0.05, 0.1) is 11.6 Å². The van der Waals surface area contributed by atoms with E-state index in [0.717, 1.165) is 29.8 Å². The van der Waals surface area contributed by atoms with Crippen LogP contribution in [-0.4, -0.2) is 48.0 Å². The topological polar surface area (TPSA) is 80.8 Å². The van der Waals surface area contributed by atoms with Crippen LogP contribution in [0.15, 0.2) is 23.6 Å². The highest BCUT2D eigenvalue weighted by Gasteiger charge is 2.33. The highest BCUT2D eigenvalue weighted by atomic mass is 32.1. The summed E-state index contributed by atoms with van der Waals surface area (Å²) in [5, 5.41) is 5.41. The van der Waals surface area contributed by atoms with Crippen molar-refractivity contribution in [3.63, 3.8) is 0 Å². The molecule has 1 unspecified atom stereocenters. The number of thiazole rings is 1. The first-order valence-corrected chi connectivity index (χ1v) is 11.1. The average molecular weight is 430 g/mol. The number of benzene rings is 1. The molecule has 0 bridgehead atoms. The van der Waals surface area contributed by atoms with Crippen molar-refractivity contribution in [1.29, 1.82) is 0 Å². The summed E-state index contributed by atoms with van der Waals surface area (Å²) < 4.78 is 11.2. The Morgan fingerprint density at radius 3 is 2.73 bits per heavy atom. The first kappa shape index (κ1) is 20.7. The third-order valence-corrected chi connectivity index (χ3v) is 6.05. The van der Waals surface area contributed by atoms with Crippen LogP contribution in [-0.2, 0) is 9.59 Å². The number of ether oxygens (including phenoxy) is 2. The molecule has 1 atom stereocenters. The molecule has 3 heterocycles. The summed E-state index contributed by atoms with van der Waals surface area (Å²) in [6, 6.07) is 5.72. The number of nitrogens with zero attached hydrogens (tertiary/aromatic N) is 2. The van der Waals surface area contributed by atoms with Crippen LogP contribution >= 0.6 is 11.3 Å². The normalized spacial score (nSPS) is 18.8. The fourth-order valence-electron chi connectivity index (χ4n) is 3.72. The van der Waals surface area contributed by atoms with E-state index in [9.17, 15) is 9.59 Å². The molecule has 4 rings (SSSR count). The molecule has 1 aromatic carbocycles. The van der Waals surface area contributed by atoms with Crippen molar-refractivity contribution in [1.82, 2.24) is 9.88 Å². The summed E-state index contributed by atoms with van der Waals surface area (Å²) in [4.78, 5) is 31.8. The number of carbonyl (C=O) groups excluding carboxylic acids is 2. The van der Waals surface area contributed by atoms with Crippen LogP contribution in [0.1, 0.15) is 33.6 Å². The quantitative estimate of drug-likeness (QED) is 0.803. The number of rotatable bonds is 3. The number of carbonyl (C=O) groups is 2. The number of likely N-dealkylation sites (tertiary alicyclic amines) is 1. The van der Waals surface area contributed by atoms with Gasteiger partial charge >= 0.3 is 0 Å². The third-order valence-electron chi connectivity index (χ3n) is 5.29. The number of hydrogen-bond acceptors (Lipinski definition) is 6. The van der Waals surface area contributed by atoms with E-state index >= 15 is 0 Å². The van der Waals surface area contributed by atoms with Crippen molar-refractivity contribution in [2.24, 2.45) is 11.3 Å². The highest BCUT2D eigenvalue weighted by Crippen LogP contribution is 2.35. The van der Waals surface area contributed by atoms with E-state index in [4.69, 9.17) is 9.47 Å². The standard InChI is InChI=1S/C22H27N3O4S/c1-22(2,3)20(27)25-8-4-5-15(12-25)19(26)24-21-23-16(13-30-21)14-6-7-17-18(11-14)29-10-9-28-17/h6-7,11,13,15H,4-5,8-10,12H2,1-3H3,(H,23,24,26). The minimum Gasteiger partial charge on any atom is -0.486 e. The Kier molecular flexibility index (Phi) is 5.69. The van der Waals surface area contributed by atoms with Crippen LogP contribution in [0.25, 0.3) is 11.3 Å². The van der Waals surface area contributed by atoms with Gasteiger partial charge in [-0.2, -0.15) is 0 Å². The van der Waals surface area contributed by atoms with Gasteiger partial charge in [-0.3, -0.25) is 9.59 Å². The van der Waals surface area contributed by atoms with Gasteiger partial charge < -0.3 is 19.7 Å². The monoisotopic (exact) mass is 429 g/mol. The molecule has 0 radical (unpaired) electrons. The number of piperidine rings is 1. The lowest BCUT2D eigenvalue weighted by Crippen LogP contribution is -2.47. The first-order valence-electron chi connectivity index (χ1n) is 10.3. The lowest BCUT2D eigenvalue weighted by atomic mass is 9.91. The molecule has 1 N–H and O–H groups in total. The van der Waals surface area contributed by atoms with Crippen LogP contribution in [0, 0.1) is 11.3 Å². The van der Waals surface area contributed by atoms with Gasteiger partial charge in [0.2, 0.25) is 11.8 Å². The lowest BCUT2D eigenvalue weighted by molar-refractivity contribution is -0.142. The number of nitrogens with one attached hydrogen (secondary N) is 1. The average Bonchev–Trinajstić information content (AvgIpc) is 3.20. The second-order valence-electron chi connectivity index (χ2n) is 8.73. The molecule has 30 heavy (non-hydrogen) atoms. The van der Waals surface area contributed by atoms with Crippen molar-refractivity contribution in [3.05, 3.63) is 23.6 Å². The molecule has 1 saturated heterocycles. The molecule has 1 fully saturated rings. The van der Waals surface area contributed by atoms with Crippen molar-refractivity contribution in [2.45, 2.75) is 33.6 Å². The van der Waals surface area contributed by atoms with Crippen molar-refractivity contribution < 1.29 is 19.1 Å². The smallest absolute Gasteiger partial charge is 0.231 e. The summed E-state index contributed by atoms with van der Waals surface area (Å²) >= 11 is 1.39. The van der Waals surface area contributed by atoms with Crippen molar-refractivity contribution in [3.8, 4) is 22.8 Å². The Morgan fingerprint density at radius 1 is 1.20 bits per heavy atom. The zero-order chi connectivity index (χ0) is 21.3. The van der Waals surface area contributed by atoms with Crippen molar-refractivity contribution >= 4 is 28.3 Å². The van der Waals surface area contributed by atoms with E-state index in [1.54, 1.807) is 0 Å². The van der Waals surface area contributed by atoms with Gasteiger partial charge in [0.15, 0.2) is 16.6 Å². The van der Waals surface area contributed by atoms with Crippen molar-refractivity contribution in [2.75, 3.05) is 31.6 Å². The fraction of sp³-hybridized carbons (Fsp3) is 0.500. The van der Waals surface area contributed by atoms with E-state index in [2.05, 4.69) is 10.3 Å². The molecule has 8 heteroatoms. The molecule has 2 amide bonds. The number of anilines is 1. The number of hydrogen-bond donors (Lipinski definition) is 1. The Morgan fingerprint density at radius 2 is 1.97 bits per heavy atom. The van der Waals surface area contributed by atoms with E-state index in [0.29, 0.717) is 37.2 Å². The highest BCUT2D eigenvalue weighted by molar-refractivity contribution is 7.14. The number of aromatic nitrogens is 1. The van der Waals surface area contributed by atoms with Crippen LogP contribution in [0.2, 0.25) is 0 Å². The summed E-state index contributed by atoms with van der Waals surface area (Å²) in [6.45, 7) is 7.99. The molecule has 2 aliphatic heterocycles. The SMILES string of the molecule is CC(C)(C)C(=O)N1CCCC(C(=O)Nc2nc(-c3ccc4c(c3)OCCO4)cs2)C1.